The van der Waals surface area contributed by atoms with Crippen LogP contribution in [0.3, 0.4) is 0 Å². The molecule has 0 aliphatic carbocycles. The molecule has 0 aliphatic heterocycles. The summed E-state index contributed by atoms with van der Waals surface area (Å²) in [6.07, 6.45) is 26.3. The maximum atomic E-state index is 8.62. The molecule has 39 nitrogen and oxygen atoms in total. The van der Waals surface area contributed by atoms with Gasteiger partial charge in [-0.15, -0.1) is 0 Å². The van der Waals surface area contributed by atoms with E-state index in [1.54, 1.807) is 19.1 Å². The maximum Gasteiger partial charge on any atom is 0.273 e. The molecule has 0 aliphatic rings. The summed E-state index contributed by atoms with van der Waals surface area (Å²) < 4.78 is 76.7. The van der Waals surface area contributed by atoms with Gasteiger partial charge in [0.05, 0.1) is 269 Å². The van der Waals surface area contributed by atoms with Crippen molar-refractivity contribution in [1.82, 2.24) is 0 Å². The SMILES string of the molecule is CCC(C#N)CCC#N.CCCC(C#N)CCC#N.CCCC(CC#N)CCC#N.CCCCC(C#N)C#N.CCCCC(C#N)CC#N.CCCCC(C#N)CCC#N.CCCCCC(C#N)CC#N.CCCOCC(COCCC#N)OCCC#N.CCOC(OCC#N)OCC#N.CCOCC(COCC#N)COCC#N.CCOCC(COCC#N)OCC#N.CCOCC(COCC#N)OCCC#N. The first-order valence-electron chi connectivity index (χ1n) is 49.1. The van der Waals surface area contributed by atoms with E-state index in [2.05, 4.69) is 83.2 Å². The van der Waals surface area contributed by atoms with Crippen LogP contribution in [0.1, 0.15) is 295 Å². The van der Waals surface area contributed by atoms with Crippen LogP contribution in [0.25, 0.3) is 0 Å². The molecule has 0 saturated heterocycles. The lowest BCUT2D eigenvalue weighted by molar-refractivity contribution is -0.276. The molecule has 39 heteroatoms. The Labute approximate surface area is 864 Å². The number of rotatable bonds is 72. The summed E-state index contributed by atoms with van der Waals surface area (Å²) in [4.78, 5) is 0. The minimum absolute atomic E-state index is 0.00759. The fourth-order valence-electron chi connectivity index (χ4n) is 10.1. The van der Waals surface area contributed by atoms with Crippen LogP contribution in [-0.2, 0) is 71.1 Å². The third-order valence-corrected chi connectivity index (χ3v) is 17.7. The predicted molar refractivity (Wildman–Crippen MR) is 531 cm³/mol. The van der Waals surface area contributed by atoms with Crippen molar-refractivity contribution in [2.45, 2.75) is 320 Å². The van der Waals surface area contributed by atoms with E-state index in [-0.39, 0.29) is 113 Å². The number of unbranched alkanes of at least 4 members (excludes halogenated alkanes) is 5. The van der Waals surface area contributed by atoms with Gasteiger partial charge in [-0.2, -0.15) is 126 Å². The van der Waals surface area contributed by atoms with E-state index < -0.39 is 6.48 Å². The topological polar surface area (TPSA) is 709 Å². The Kier molecular flexibility index (Phi) is 166. The van der Waals surface area contributed by atoms with Gasteiger partial charge in [-0.05, 0) is 111 Å². The molecule has 0 aromatic rings. The molecular weight excluding hydrogens is 1840 g/mol. The van der Waals surface area contributed by atoms with Crippen LogP contribution >= 0.6 is 0 Å². The van der Waals surface area contributed by atoms with Gasteiger partial charge in [-0.1, -0.05) is 126 Å². The Hall–Kier alpha value is -12.8. The summed E-state index contributed by atoms with van der Waals surface area (Å²) >= 11 is 0. The van der Waals surface area contributed by atoms with Gasteiger partial charge in [0.2, 0.25) is 0 Å². The van der Waals surface area contributed by atoms with Crippen molar-refractivity contribution in [2.75, 3.05) is 159 Å². The fraction of sp³-hybridized carbons (Fsp3) is 0.771. The van der Waals surface area contributed by atoms with E-state index >= 15 is 0 Å². The molecule has 0 amide bonds. The molecule has 9 atom stereocenters. The highest BCUT2D eigenvalue weighted by atomic mass is 16.8. The van der Waals surface area contributed by atoms with Gasteiger partial charge >= 0.3 is 0 Å². The monoisotopic (exact) mass is 2000 g/mol. The molecule has 0 bridgehead atoms. The number of hydrogen-bond acceptors (Lipinski definition) is 39. The predicted octanol–water partition coefficient (Wildman–Crippen LogP) is 20.1. The van der Waals surface area contributed by atoms with Gasteiger partial charge < -0.3 is 71.1 Å². The van der Waals surface area contributed by atoms with Gasteiger partial charge in [0.1, 0.15) is 70.5 Å². The van der Waals surface area contributed by atoms with Gasteiger partial charge in [-0.3, -0.25) is 0 Å². The van der Waals surface area contributed by atoms with Gasteiger partial charge in [0.25, 0.3) is 6.48 Å². The van der Waals surface area contributed by atoms with Gasteiger partial charge in [-0.25, -0.2) is 0 Å². The molecular formula is C105H162N24O15. The highest BCUT2D eigenvalue weighted by Gasteiger charge is 2.16. The van der Waals surface area contributed by atoms with Gasteiger partial charge in [0, 0.05) is 88.8 Å². The molecule has 144 heavy (non-hydrogen) atoms. The van der Waals surface area contributed by atoms with Crippen LogP contribution in [0.15, 0.2) is 0 Å². The van der Waals surface area contributed by atoms with E-state index in [4.69, 9.17) is 197 Å². The summed E-state index contributed by atoms with van der Waals surface area (Å²) in [6, 6.07) is 48.0. The molecule has 0 N–H and O–H groups in total. The minimum Gasteiger partial charge on any atom is -0.381 e. The largest absolute Gasteiger partial charge is 0.381 e. The normalized spacial score (nSPS) is 11.0. The second-order valence-electron chi connectivity index (χ2n) is 29.8. The molecule has 9 unspecified atom stereocenters. The summed E-state index contributed by atoms with van der Waals surface area (Å²) in [5.74, 6) is 0.363. The molecule has 0 aromatic carbocycles. The zero-order valence-electron chi connectivity index (χ0n) is 88.1. The zero-order chi connectivity index (χ0) is 111. The maximum absolute atomic E-state index is 8.62. The Morgan fingerprint density at radius 1 is 0.188 bits per heavy atom. The smallest absolute Gasteiger partial charge is 0.273 e. The van der Waals surface area contributed by atoms with Crippen LogP contribution in [0.4, 0.5) is 0 Å². The summed E-state index contributed by atoms with van der Waals surface area (Å²) in [5, 5.41) is 200. The van der Waals surface area contributed by atoms with E-state index in [0.29, 0.717) is 176 Å². The first-order chi connectivity index (χ1) is 70.2. The molecule has 0 fully saturated rings. The van der Waals surface area contributed by atoms with Crippen LogP contribution in [0, 0.1) is 319 Å². The Balaban J connectivity index is -0.000000133. The molecule has 0 aromatic heterocycles. The van der Waals surface area contributed by atoms with Crippen molar-refractivity contribution >= 4 is 0 Å². The molecule has 0 radical (unpaired) electrons. The zero-order valence-corrected chi connectivity index (χ0v) is 88.1. The number of nitriles is 24. The van der Waals surface area contributed by atoms with E-state index in [9.17, 15) is 0 Å². The lowest BCUT2D eigenvalue weighted by Gasteiger charge is -2.17. The Morgan fingerprint density at radius 2 is 0.507 bits per heavy atom. The standard InChI is InChI=1S/C12H20N2O3.2C10H16N2O3.C9H14N2O3.3C9H14N2.2C8H12N2.C7H10N2O3.2C7H10N2/c1-2-7-15-10-12(17-9-4-6-14)11-16-8-3-5-13;1-2-13-7-10(8-14-5-3-11)9-15-6-4-12;1-2-13-8-10(9-14-7-5-12)15-6-3-4-11;1-2-12-7-9(14-6-4-11)8-13-5-3-10;1-2-4-9(6-8-11)5-3-7-10;1-2-3-5-9(8-11)6-4-7-10;1-2-3-4-5-9(8-11)6-7-10;1-2-4-8(7-10)5-3-6-9;1-2-3-4-8(7-10)5-6-9;1-2-10-7(11-5-3-8)12-6-4-9;1-2-7(6-9)4-3-5-8;1-2-3-4-7(5-8)6-9/h12H,2-4,7-11H2,1H3;10H,2,5-9H2,1H3;10H,2-3,6-9H2,1H3;9H,2,5-8H2,1H3;3*9H,2-6H2,1H3;2*8H,2-5H2,1H3;7H,2,5-6H2,1H3;2*7H,2-4H2,1H3. The quantitative estimate of drug-likeness (QED) is 0.0403. The third kappa shape index (κ3) is 149. The van der Waals surface area contributed by atoms with Crippen molar-refractivity contribution in [2.24, 2.45) is 47.3 Å². The molecule has 0 heterocycles. The highest BCUT2D eigenvalue weighted by molar-refractivity contribution is 4.98. The summed E-state index contributed by atoms with van der Waals surface area (Å²) in [7, 11) is 0. The molecule has 0 rings (SSSR count). The Morgan fingerprint density at radius 3 is 0.854 bits per heavy atom. The van der Waals surface area contributed by atoms with Crippen LogP contribution in [-0.4, -0.2) is 183 Å². The average Bonchev–Trinajstić information content (AvgIpc) is 1.01. The first-order valence-corrected chi connectivity index (χ1v) is 49.1. The summed E-state index contributed by atoms with van der Waals surface area (Å²) in [5.41, 5.74) is 0. The third-order valence-electron chi connectivity index (χ3n) is 17.7. The lowest BCUT2D eigenvalue weighted by Crippen LogP contribution is -2.26. The number of ether oxygens (including phenoxy) is 15. The second kappa shape index (κ2) is 153. The van der Waals surface area contributed by atoms with Crippen molar-refractivity contribution in [3.8, 4) is 146 Å². The Bertz CT molecular complexity index is 3830. The van der Waals surface area contributed by atoms with Crippen LogP contribution in [0.5, 0.6) is 0 Å². The van der Waals surface area contributed by atoms with Crippen molar-refractivity contribution in [1.29, 1.82) is 126 Å². The molecule has 792 valence electrons. The average molecular weight is 2000 g/mol. The number of nitrogens with zero attached hydrogens (tertiary/aromatic N) is 24. The van der Waals surface area contributed by atoms with E-state index in [1.165, 1.54) is 12.8 Å². The van der Waals surface area contributed by atoms with Gasteiger partial charge in [0.15, 0.2) is 0 Å². The fourth-order valence-corrected chi connectivity index (χ4v) is 10.1. The van der Waals surface area contributed by atoms with E-state index in [0.717, 1.165) is 135 Å². The van der Waals surface area contributed by atoms with Crippen molar-refractivity contribution in [3.63, 3.8) is 0 Å². The van der Waals surface area contributed by atoms with E-state index in [1.807, 2.05) is 127 Å². The van der Waals surface area contributed by atoms with Crippen molar-refractivity contribution in [3.05, 3.63) is 0 Å². The summed E-state index contributed by atoms with van der Waals surface area (Å²) in [6.45, 7) is 30.7. The lowest BCUT2D eigenvalue weighted by atomic mass is 9.96. The van der Waals surface area contributed by atoms with Crippen LogP contribution in [0.2, 0.25) is 0 Å². The van der Waals surface area contributed by atoms with Crippen molar-refractivity contribution < 1.29 is 71.1 Å². The second-order valence-corrected chi connectivity index (χ2v) is 29.8. The number of hydrogen-bond donors (Lipinski definition) is 0. The first kappa shape index (κ1) is 156. The molecule has 0 spiro atoms. The molecule has 0 saturated carbocycles. The minimum atomic E-state index is -0.908. The highest BCUT2D eigenvalue weighted by Crippen LogP contribution is 2.18. The van der Waals surface area contributed by atoms with Crippen LogP contribution < -0.4 is 0 Å².